The Balaban J connectivity index is 1.28. The number of fused-ring (bicyclic) bond motifs is 6. The molecule has 0 aliphatic heterocycles. The van der Waals surface area contributed by atoms with Crippen LogP contribution >= 0.6 is 0 Å². The molecular formula is C39H56O4. The number of ether oxygens (including phenoxy) is 1. The van der Waals surface area contributed by atoms with E-state index in [0.717, 1.165) is 70.6 Å². The number of rotatable bonds is 5. The number of hydrogen-bond donors (Lipinski definition) is 1. The Morgan fingerprint density at radius 1 is 0.884 bits per heavy atom. The summed E-state index contributed by atoms with van der Waals surface area (Å²) in [6.07, 6.45) is 10.6. The lowest BCUT2D eigenvalue weighted by Crippen LogP contribution is -2.66. The van der Waals surface area contributed by atoms with Crippen molar-refractivity contribution in [1.29, 1.82) is 0 Å². The largest absolute Gasteiger partial charge is 0.465 e. The van der Waals surface area contributed by atoms with E-state index in [-0.39, 0.29) is 45.1 Å². The predicted octanol–water partition coefficient (Wildman–Crippen LogP) is 8.65. The van der Waals surface area contributed by atoms with E-state index in [9.17, 15) is 14.7 Å². The molecule has 0 bridgehead atoms. The summed E-state index contributed by atoms with van der Waals surface area (Å²) in [4.78, 5) is 28.2. The van der Waals surface area contributed by atoms with Crippen molar-refractivity contribution in [2.24, 2.45) is 44.3 Å². The number of Topliss-reactive ketones (excluding diaryl/α,β-unsaturated/α-hetero) is 1. The van der Waals surface area contributed by atoms with Gasteiger partial charge in [0.05, 0.1) is 18.1 Å². The van der Waals surface area contributed by atoms with Crippen molar-refractivity contribution in [2.75, 3.05) is 6.61 Å². The van der Waals surface area contributed by atoms with Crippen LogP contribution in [0.1, 0.15) is 125 Å². The van der Waals surface area contributed by atoms with Crippen molar-refractivity contribution >= 4 is 11.8 Å². The lowest BCUT2D eigenvalue weighted by Gasteiger charge is -2.70. The molecule has 0 heterocycles. The van der Waals surface area contributed by atoms with Gasteiger partial charge in [0, 0.05) is 12.3 Å². The second kappa shape index (κ2) is 10.3. The Morgan fingerprint density at radius 2 is 1.58 bits per heavy atom. The summed E-state index contributed by atoms with van der Waals surface area (Å²) in [7, 11) is 0. The summed E-state index contributed by atoms with van der Waals surface area (Å²) in [6.45, 7) is 16.8. The number of allylic oxidation sites excluding steroid dienone is 2. The van der Waals surface area contributed by atoms with Gasteiger partial charge in [0.15, 0.2) is 0 Å². The van der Waals surface area contributed by atoms with Gasteiger partial charge in [-0.2, -0.15) is 0 Å². The number of aliphatic hydroxyl groups is 1. The van der Waals surface area contributed by atoms with E-state index in [2.05, 4.69) is 72.7 Å². The van der Waals surface area contributed by atoms with Crippen LogP contribution in [0.5, 0.6) is 0 Å². The minimum Gasteiger partial charge on any atom is -0.465 e. The highest BCUT2D eigenvalue weighted by molar-refractivity contribution is 5.88. The van der Waals surface area contributed by atoms with E-state index in [1.165, 1.54) is 16.7 Å². The number of ketones is 1. The highest BCUT2D eigenvalue weighted by atomic mass is 16.5. The molecular weight excluding hydrogens is 532 g/mol. The van der Waals surface area contributed by atoms with Crippen LogP contribution in [0.4, 0.5) is 0 Å². The van der Waals surface area contributed by atoms with Crippen molar-refractivity contribution in [2.45, 2.75) is 132 Å². The first-order chi connectivity index (χ1) is 20.1. The van der Waals surface area contributed by atoms with Gasteiger partial charge in [0.25, 0.3) is 0 Å². The van der Waals surface area contributed by atoms with Crippen LogP contribution < -0.4 is 0 Å². The van der Waals surface area contributed by atoms with Gasteiger partial charge in [-0.3, -0.25) is 9.59 Å². The molecule has 0 saturated heterocycles. The van der Waals surface area contributed by atoms with Crippen LogP contribution in [0, 0.1) is 44.3 Å². The molecule has 4 fully saturated rings. The van der Waals surface area contributed by atoms with Crippen LogP contribution in [-0.2, 0) is 20.7 Å². The van der Waals surface area contributed by atoms with Gasteiger partial charge in [-0.15, -0.1) is 0 Å². The van der Waals surface area contributed by atoms with E-state index >= 15 is 0 Å². The number of aliphatic hydroxyl groups excluding tert-OH is 1. The second-order valence-electron chi connectivity index (χ2n) is 17.3. The Hall–Kier alpha value is -1.94. The van der Waals surface area contributed by atoms with Crippen LogP contribution in [0.3, 0.4) is 0 Å². The first kappa shape index (κ1) is 31.1. The van der Waals surface area contributed by atoms with Crippen molar-refractivity contribution in [1.82, 2.24) is 0 Å². The van der Waals surface area contributed by atoms with E-state index in [1.807, 2.05) is 6.07 Å². The molecule has 4 saturated carbocycles. The van der Waals surface area contributed by atoms with Gasteiger partial charge < -0.3 is 9.84 Å². The average molecular weight is 589 g/mol. The van der Waals surface area contributed by atoms with Crippen LogP contribution in [0.2, 0.25) is 0 Å². The SMILES string of the molecule is CC1(C)C2CC[C@]3(C)C(C(=O)CC4=C5C[C@@](C)(C(=O)OCCCc6ccccc6)CC[C@]5(C)CC[C@]43C)[C@@]2(C)CC[C@H]1O. The summed E-state index contributed by atoms with van der Waals surface area (Å²) in [5.41, 5.74) is 3.17. The number of hydrogen-bond acceptors (Lipinski definition) is 4. The number of carbonyl (C=O) groups excluding carboxylic acids is 2. The van der Waals surface area contributed by atoms with Gasteiger partial charge in [-0.1, -0.05) is 83.0 Å². The molecule has 4 nitrogen and oxygen atoms in total. The Morgan fingerprint density at radius 3 is 2.30 bits per heavy atom. The molecule has 5 aliphatic rings. The first-order valence-electron chi connectivity index (χ1n) is 17.3. The highest BCUT2D eigenvalue weighted by Crippen LogP contribution is 2.74. The quantitative estimate of drug-likeness (QED) is 0.212. The zero-order chi connectivity index (χ0) is 31.1. The van der Waals surface area contributed by atoms with Gasteiger partial charge in [-0.05, 0) is 116 Å². The van der Waals surface area contributed by atoms with E-state index in [1.54, 1.807) is 0 Å². The summed E-state index contributed by atoms with van der Waals surface area (Å²) in [6, 6.07) is 10.4. The maximum atomic E-state index is 14.6. The molecule has 6 rings (SSSR count). The first-order valence-corrected chi connectivity index (χ1v) is 17.3. The normalized spacial score (nSPS) is 43.6. The van der Waals surface area contributed by atoms with E-state index in [4.69, 9.17) is 4.74 Å². The summed E-state index contributed by atoms with van der Waals surface area (Å²) < 4.78 is 5.96. The second-order valence-corrected chi connectivity index (χ2v) is 17.3. The lowest BCUT2D eigenvalue weighted by atomic mass is 9.34. The zero-order valence-electron chi connectivity index (χ0n) is 28.0. The number of carbonyl (C=O) groups is 2. The van der Waals surface area contributed by atoms with E-state index < -0.39 is 5.41 Å². The Labute approximate surface area is 260 Å². The van der Waals surface area contributed by atoms with Crippen molar-refractivity contribution in [3.8, 4) is 0 Å². The molecule has 0 spiro atoms. The molecule has 1 N–H and O–H groups in total. The fraction of sp³-hybridized carbons (Fsp3) is 0.744. The molecule has 1 aromatic carbocycles. The third-order valence-corrected chi connectivity index (χ3v) is 14.6. The Kier molecular flexibility index (Phi) is 7.43. The van der Waals surface area contributed by atoms with Crippen molar-refractivity contribution in [3.05, 3.63) is 47.0 Å². The summed E-state index contributed by atoms with van der Waals surface area (Å²) in [5.74, 6) is 0.730. The minimum atomic E-state index is -0.541. The predicted molar refractivity (Wildman–Crippen MR) is 171 cm³/mol. The molecule has 236 valence electrons. The molecule has 5 aliphatic carbocycles. The molecule has 4 heteroatoms. The van der Waals surface area contributed by atoms with Crippen LogP contribution in [0.25, 0.3) is 0 Å². The number of benzene rings is 1. The van der Waals surface area contributed by atoms with Gasteiger partial charge in [-0.25, -0.2) is 0 Å². The maximum absolute atomic E-state index is 14.6. The summed E-state index contributed by atoms with van der Waals surface area (Å²) in [5, 5.41) is 11.0. The summed E-state index contributed by atoms with van der Waals surface area (Å²) >= 11 is 0. The third kappa shape index (κ3) is 4.54. The lowest BCUT2D eigenvalue weighted by molar-refractivity contribution is -0.203. The topological polar surface area (TPSA) is 63.6 Å². The van der Waals surface area contributed by atoms with Crippen LogP contribution in [0.15, 0.2) is 41.5 Å². The van der Waals surface area contributed by atoms with Gasteiger partial charge in [0.2, 0.25) is 0 Å². The zero-order valence-corrected chi connectivity index (χ0v) is 28.0. The molecule has 2 unspecified atom stereocenters. The molecule has 0 radical (unpaired) electrons. The minimum absolute atomic E-state index is 0.0220. The average Bonchev–Trinajstić information content (AvgIpc) is 2.96. The maximum Gasteiger partial charge on any atom is 0.312 e. The highest BCUT2D eigenvalue weighted by Gasteiger charge is 2.69. The third-order valence-electron chi connectivity index (χ3n) is 14.6. The van der Waals surface area contributed by atoms with Gasteiger partial charge >= 0.3 is 5.97 Å². The molecule has 1 aromatic rings. The monoisotopic (exact) mass is 588 g/mol. The van der Waals surface area contributed by atoms with Crippen molar-refractivity contribution < 1.29 is 19.4 Å². The fourth-order valence-corrected chi connectivity index (χ4v) is 11.6. The molecule has 0 aromatic heterocycles. The molecule has 43 heavy (non-hydrogen) atoms. The number of esters is 1. The fourth-order valence-electron chi connectivity index (χ4n) is 11.6. The van der Waals surface area contributed by atoms with Crippen molar-refractivity contribution in [3.63, 3.8) is 0 Å². The standard InChI is InChI=1S/C39H56O4/c1-34(2)30-15-18-39(7)32(37(30,5)17-16-31(34)41)29(40)24-27-28-25-36(4,20-19-35(28,3)21-22-38(27,39)6)33(42)43-23-11-14-26-12-9-8-10-13-26/h8-10,12-13,30-32,41H,11,14-25H2,1-7H3/t30?,31-,32?,35-,36+,37+,38-,39-/m1/s1. The Bertz CT molecular complexity index is 1310. The van der Waals surface area contributed by atoms with E-state index in [0.29, 0.717) is 24.7 Å². The molecule has 8 atom stereocenters. The molecule has 0 amide bonds. The van der Waals surface area contributed by atoms with Gasteiger partial charge in [0.1, 0.15) is 5.78 Å². The number of aryl methyl sites for hydroxylation is 1. The smallest absolute Gasteiger partial charge is 0.312 e. The van der Waals surface area contributed by atoms with Crippen LogP contribution in [-0.4, -0.2) is 29.6 Å².